The highest BCUT2D eigenvalue weighted by Crippen LogP contribution is 2.35. The van der Waals surface area contributed by atoms with Crippen molar-refractivity contribution in [2.75, 3.05) is 6.54 Å². The fraction of sp³-hybridized carbons (Fsp3) is 0.600. The van der Waals surface area contributed by atoms with Crippen molar-refractivity contribution in [3.8, 4) is 0 Å². The predicted molar refractivity (Wildman–Crippen MR) is 95.7 cm³/mol. The first-order valence-corrected chi connectivity index (χ1v) is 9.39. The monoisotopic (exact) mass is 388 g/mol. The van der Waals surface area contributed by atoms with E-state index in [1.165, 1.54) is 17.7 Å². The van der Waals surface area contributed by atoms with Gasteiger partial charge >= 0.3 is 0 Å². The Labute approximate surface area is 143 Å². The summed E-state index contributed by atoms with van der Waals surface area (Å²) in [5, 5.41) is 3.04. The lowest BCUT2D eigenvalue weighted by atomic mass is 9.79. The first kappa shape index (κ1) is 16.9. The maximum atomic E-state index is 12.6. The van der Waals surface area contributed by atoms with Crippen LogP contribution in [0.3, 0.4) is 0 Å². The van der Waals surface area contributed by atoms with Gasteiger partial charge in [0, 0.05) is 11.4 Å². The standard InChI is InChI=1S/C15H21BrN2OS2/c16-12-6-5-11(21-12)7-10-18-14(19)15(13(17)20)8-3-1-2-4-9-15/h5-6H,1-4,7-10H2,(H2,17,20)(H,18,19). The van der Waals surface area contributed by atoms with E-state index in [1.54, 1.807) is 11.3 Å². The molecule has 0 spiro atoms. The molecule has 1 aromatic rings. The van der Waals surface area contributed by atoms with E-state index in [2.05, 4.69) is 27.3 Å². The predicted octanol–water partition coefficient (Wildman–Crippen LogP) is 3.80. The highest BCUT2D eigenvalue weighted by Gasteiger charge is 2.41. The lowest BCUT2D eigenvalue weighted by molar-refractivity contribution is -0.128. The molecule has 1 aliphatic carbocycles. The number of amides is 1. The number of hydrogen-bond acceptors (Lipinski definition) is 3. The molecular formula is C15H21BrN2OS2. The van der Waals surface area contributed by atoms with Gasteiger partial charge in [-0.05, 0) is 47.3 Å². The van der Waals surface area contributed by atoms with Crippen molar-refractivity contribution in [1.82, 2.24) is 5.32 Å². The molecule has 0 radical (unpaired) electrons. The van der Waals surface area contributed by atoms with Gasteiger partial charge in [0.2, 0.25) is 5.91 Å². The van der Waals surface area contributed by atoms with Crippen LogP contribution >= 0.6 is 39.5 Å². The minimum atomic E-state index is -0.623. The highest BCUT2D eigenvalue weighted by molar-refractivity contribution is 9.11. The molecule has 0 aromatic carbocycles. The van der Waals surface area contributed by atoms with Crippen LogP contribution < -0.4 is 11.1 Å². The van der Waals surface area contributed by atoms with Crippen LogP contribution in [0.1, 0.15) is 43.4 Å². The van der Waals surface area contributed by atoms with Crippen molar-refractivity contribution in [3.05, 3.63) is 20.8 Å². The van der Waals surface area contributed by atoms with E-state index in [4.69, 9.17) is 18.0 Å². The molecule has 6 heteroatoms. The third-order valence-corrected chi connectivity index (χ3v) is 6.22. The van der Waals surface area contributed by atoms with Gasteiger partial charge in [0.25, 0.3) is 0 Å². The first-order valence-electron chi connectivity index (χ1n) is 7.37. The molecule has 1 amide bonds. The highest BCUT2D eigenvalue weighted by atomic mass is 79.9. The van der Waals surface area contributed by atoms with E-state index < -0.39 is 5.41 Å². The molecule has 0 unspecified atom stereocenters. The minimum absolute atomic E-state index is 0.0209. The lowest BCUT2D eigenvalue weighted by Gasteiger charge is -2.30. The van der Waals surface area contributed by atoms with E-state index in [9.17, 15) is 4.79 Å². The van der Waals surface area contributed by atoms with Crippen molar-refractivity contribution in [2.24, 2.45) is 11.1 Å². The zero-order valence-corrected chi connectivity index (χ0v) is 15.2. The van der Waals surface area contributed by atoms with Crippen LogP contribution in [0.2, 0.25) is 0 Å². The molecule has 1 heterocycles. The number of carbonyl (C=O) groups is 1. The van der Waals surface area contributed by atoms with Crippen molar-refractivity contribution >= 4 is 50.4 Å². The lowest BCUT2D eigenvalue weighted by Crippen LogP contribution is -2.49. The van der Waals surface area contributed by atoms with E-state index in [0.29, 0.717) is 11.5 Å². The fourth-order valence-corrected chi connectivity index (χ4v) is 4.65. The quantitative estimate of drug-likeness (QED) is 0.595. The number of nitrogens with one attached hydrogen (secondary N) is 1. The Hall–Kier alpha value is -0.460. The van der Waals surface area contributed by atoms with Crippen molar-refractivity contribution in [1.29, 1.82) is 0 Å². The Balaban J connectivity index is 1.93. The normalized spacial score (nSPS) is 18.0. The Bertz CT molecular complexity index is 508. The molecular weight excluding hydrogens is 368 g/mol. The van der Waals surface area contributed by atoms with Crippen molar-refractivity contribution in [3.63, 3.8) is 0 Å². The number of carbonyl (C=O) groups excluding carboxylic acids is 1. The van der Waals surface area contributed by atoms with Crippen LogP contribution in [0.5, 0.6) is 0 Å². The van der Waals surface area contributed by atoms with Gasteiger partial charge in [-0.25, -0.2) is 0 Å². The second-order valence-electron chi connectivity index (χ2n) is 5.57. The fourth-order valence-electron chi connectivity index (χ4n) is 2.87. The number of thiophene rings is 1. The van der Waals surface area contributed by atoms with Gasteiger partial charge in [-0.15, -0.1) is 11.3 Å². The SMILES string of the molecule is NC(=S)C1(C(=O)NCCc2ccc(Br)s2)CCCCCC1. The van der Waals surface area contributed by atoms with Gasteiger partial charge in [-0.2, -0.15) is 0 Å². The van der Waals surface area contributed by atoms with Crippen LogP contribution in [0, 0.1) is 5.41 Å². The summed E-state index contributed by atoms with van der Waals surface area (Å²) in [6.45, 7) is 0.635. The molecule has 1 aliphatic rings. The van der Waals surface area contributed by atoms with Gasteiger partial charge in [-0.3, -0.25) is 4.79 Å². The third kappa shape index (κ3) is 4.27. The summed E-state index contributed by atoms with van der Waals surface area (Å²) in [5.41, 5.74) is 5.30. The average Bonchev–Trinajstić information content (AvgIpc) is 2.72. The maximum absolute atomic E-state index is 12.6. The molecule has 21 heavy (non-hydrogen) atoms. The zero-order valence-electron chi connectivity index (χ0n) is 12.0. The number of rotatable bonds is 5. The molecule has 1 saturated carbocycles. The average molecular weight is 389 g/mol. The number of thiocarbonyl (C=S) groups is 1. The van der Waals surface area contributed by atoms with E-state index in [-0.39, 0.29) is 5.91 Å². The number of hydrogen-bond donors (Lipinski definition) is 2. The smallest absolute Gasteiger partial charge is 0.233 e. The van der Waals surface area contributed by atoms with Gasteiger partial charge in [0.1, 0.15) is 0 Å². The molecule has 1 aromatic heterocycles. The Morgan fingerprint density at radius 1 is 1.33 bits per heavy atom. The van der Waals surface area contributed by atoms with Crippen molar-refractivity contribution < 1.29 is 4.79 Å². The summed E-state index contributed by atoms with van der Waals surface area (Å²) in [4.78, 5) is 14.2. The largest absolute Gasteiger partial charge is 0.392 e. The molecule has 3 N–H and O–H groups in total. The molecule has 0 bridgehead atoms. The molecule has 2 rings (SSSR count). The van der Waals surface area contributed by atoms with Crippen LogP contribution in [0.4, 0.5) is 0 Å². The summed E-state index contributed by atoms with van der Waals surface area (Å²) < 4.78 is 1.12. The second-order valence-corrected chi connectivity index (χ2v) is 8.56. The van der Waals surface area contributed by atoms with Crippen LogP contribution in [-0.4, -0.2) is 17.4 Å². The summed E-state index contributed by atoms with van der Waals surface area (Å²) in [6, 6.07) is 4.11. The summed E-state index contributed by atoms with van der Waals surface area (Å²) in [5.74, 6) is 0.0209. The summed E-state index contributed by atoms with van der Waals surface area (Å²) in [7, 11) is 0. The molecule has 3 nitrogen and oxygen atoms in total. The molecule has 0 atom stereocenters. The summed E-state index contributed by atoms with van der Waals surface area (Å²) in [6.07, 6.45) is 6.82. The molecule has 1 fully saturated rings. The van der Waals surface area contributed by atoms with Crippen LogP contribution in [0.15, 0.2) is 15.9 Å². The third-order valence-electron chi connectivity index (χ3n) is 4.15. The maximum Gasteiger partial charge on any atom is 0.233 e. The molecule has 0 aliphatic heterocycles. The minimum Gasteiger partial charge on any atom is -0.392 e. The molecule has 0 saturated heterocycles. The van der Waals surface area contributed by atoms with Gasteiger partial charge in [-0.1, -0.05) is 37.9 Å². The van der Waals surface area contributed by atoms with E-state index in [0.717, 1.165) is 35.9 Å². The Kier molecular flexibility index (Phi) is 6.20. The van der Waals surface area contributed by atoms with Gasteiger partial charge in [0.05, 0.1) is 14.2 Å². The second kappa shape index (κ2) is 7.70. The number of nitrogens with two attached hydrogens (primary N) is 1. The van der Waals surface area contributed by atoms with E-state index in [1.807, 2.05) is 6.07 Å². The first-order chi connectivity index (χ1) is 10.0. The van der Waals surface area contributed by atoms with E-state index >= 15 is 0 Å². The number of halogens is 1. The van der Waals surface area contributed by atoms with Crippen LogP contribution in [-0.2, 0) is 11.2 Å². The topological polar surface area (TPSA) is 55.1 Å². The Morgan fingerprint density at radius 3 is 2.52 bits per heavy atom. The zero-order chi connectivity index (χ0) is 15.3. The Morgan fingerprint density at radius 2 is 2.00 bits per heavy atom. The van der Waals surface area contributed by atoms with Crippen molar-refractivity contribution in [2.45, 2.75) is 44.9 Å². The summed E-state index contributed by atoms with van der Waals surface area (Å²) >= 11 is 10.4. The van der Waals surface area contributed by atoms with Gasteiger partial charge < -0.3 is 11.1 Å². The van der Waals surface area contributed by atoms with Gasteiger partial charge in [0.15, 0.2) is 0 Å². The van der Waals surface area contributed by atoms with Crippen LogP contribution in [0.25, 0.3) is 0 Å². The molecule has 116 valence electrons.